The lowest BCUT2D eigenvalue weighted by Gasteiger charge is -2.18. The number of hydrogen-bond acceptors (Lipinski definition) is 6. The van der Waals surface area contributed by atoms with Crippen LogP contribution in [-0.2, 0) is 28.6 Å². The maximum absolute atomic E-state index is 12.7. The Morgan fingerprint density at radius 2 is 0.649 bits per heavy atom. The van der Waals surface area contributed by atoms with Crippen LogP contribution in [0.4, 0.5) is 0 Å². The highest BCUT2D eigenvalue weighted by molar-refractivity contribution is 5.71. The highest BCUT2D eigenvalue weighted by Crippen LogP contribution is 2.13. The van der Waals surface area contributed by atoms with Gasteiger partial charge in [0.2, 0.25) is 0 Å². The lowest BCUT2D eigenvalue weighted by molar-refractivity contribution is -0.167. The molecule has 0 N–H and O–H groups in total. The van der Waals surface area contributed by atoms with E-state index in [9.17, 15) is 14.4 Å². The molecule has 0 amide bonds. The number of esters is 3. The van der Waals surface area contributed by atoms with Crippen molar-refractivity contribution in [3.05, 3.63) is 48.6 Å². The van der Waals surface area contributed by atoms with Crippen molar-refractivity contribution in [1.29, 1.82) is 0 Å². The molecule has 1 unspecified atom stereocenters. The summed E-state index contributed by atoms with van der Waals surface area (Å²) in [5, 5.41) is 0. The Kier molecular flexibility index (Phi) is 43.9. The second kappa shape index (κ2) is 46.1. The first-order valence-electron chi connectivity index (χ1n) is 24.1. The molecule has 0 spiro atoms. The molecular formula is C51H90O6. The van der Waals surface area contributed by atoms with Gasteiger partial charge in [-0.15, -0.1) is 0 Å². The van der Waals surface area contributed by atoms with Gasteiger partial charge in [0.1, 0.15) is 13.2 Å². The molecule has 0 saturated carbocycles. The number of carbonyl (C=O) groups is 3. The fraction of sp³-hybridized carbons (Fsp3) is 0.784. The van der Waals surface area contributed by atoms with Crippen LogP contribution >= 0.6 is 0 Å². The summed E-state index contributed by atoms with van der Waals surface area (Å²) in [7, 11) is 0. The summed E-state index contributed by atoms with van der Waals surface area (Å²) >= 11 is 0. The van der Waals surface area contributed by atoms with Crippen molar-refractivity contribution in [1.82, 2.24) is 0 Å². The number of carbonyl (C=O) groups excluding carboxylic acids is 3. The van der Waals surface area contributed by atoms with Crippen molar-refractivity contribution in [2.75, 3.05) is 13.2 Å². The van der Waals surface area contributed by atoms with E-state index in [1.165, 1.54) is 103 Å². The van der Waals surface area contributed by atoms with Crippen molar-refractivity contribution >= 4 is 17.9 Å². The molecule has 0 aromatic heterocycles. The Balaban J connectivity index is 4.40. The molecule has 330 valence electrons. The third kappa shape index (κ3) is 44.3. The van der Waals surface area contributed by atoms with Crippen molar-refractivity contribution in [3.63, 3.8) is 0 Å². The Labute approximate surface area is 352 Å². The lowest BCUT2D eigenvalue weighted by atomic mass is 10.1. The summed E-state index contributed by atoms with van der Waals surface area (Å²) in [6, 6.07) is 0. The zero-order chi connectivity index (χ0) is 41.5. The van der Waals surface area contributed by atoms with E-state index in [0.29, 0.717) is 19.3 Å². The van der Waals surface area contributed by atoms with Gasteiger partial charge in [-0.1, -0.05) is 172 Å². The highest BCUT2D eigenvalue weighted by atomic mass is 16.6. The predicted octanol–water partition coefficient (Wildman–Crippen LogP) is 15.5. The molecule has 0 rings (SSSR count). The Morgan fingerprint density at radius 3 is 1.07 bits per heavy atom. The second-order valence-corrected chi connectivity index (χ2v) is 16.0. The van der Waals surface area contributed by atoms with Gasteiger partial charge in [-0.2, -0.15) is 0 Å². The Bertz CT molecular complexity index is 1010. The number of allylic oxidation sites excluding steroid dienone is 8. The standard InChI is InChI=1S/C51H90O6/c1-4-7-10-13-16-19-22-24-25-26-27-30-32-35-38-41-44-50(53)56-47-48(46-55-49(52)43-40-37-34-31-28-21-18-15-12-9-6-3)57-51(54)45-42-39-36-33-29-23-20-17-14-11-8-5-2/h15,17-20,22,25-26,48H,4-14,16,21,23-24,27-47H2,1-3H3/b18-15-,20-17-,22-19-,26-25-. The van der Waals surface area contributed by atoms with E-state index in [4.69, 9.17) is 14.2 Å². The number of hydrogen-bond donors (Lipinski definition) is 0. The first-order valence-corrected chi connectivity index (χ1v) is 24.1. The van der Waals surface area contributed by atoms with E-state index in [-0.39, 0.29) is 31.1 Å². The number of rotatable bonds is 43. The van der Waals surface area contributed by atoms with Crippen LogP contribution in [0, 0.1) is 0 Å². The van der Waals surface area contributed by atoms with Gasteiger partial charge in [-0.25, -0.2) is 0 Å². The molecule has 1 atom stereocenters. The van der Waals surface area contributed by atoms with E-state index in [1.54, 1.807) is 0 Å². The minimum Gasteiger partial charge on any atom is -0.462 e. The van der Waals surface area contributed by atoms with Gasteiger partial charge in [-0.3, -0.25) is 14.4 Å². The molecule has 6 nitrogen and oxygen atoms in total. The topological polar surface area (TPSA) is 78.9 Å². The van der Waals surface area contributed by atoms with Crippen LogP contribution in [0.3, 0.4) is 0 Å². The van der Waals surface area contributed by atoms with Gasteiger partial charge in [0.15, 0.2) is 6.10 Å². The molecule has 0 fully saturated rings. The zero-order valence-corrected chi connectivity index (χ0v) is 37.6. The Morgan fingerprint density at radius 1 is 0.351 bits per heavy atom. The summed E-state index contributed by atoms with van der Waals surface area (Å²) in [6.07, 6.45) is 53.7. The molecule has 57 heavy (non-hydrogen) atoms. The third-order valence-corrected chi connectivity index (χ3v) is 10.3. The van der Waals surface area contributed by atoms with Crippen LogP contribution in [0.5, 0.6) is 0 Å². The SMILES string of the molecule is CCCC/C=C\CCCCCCCC(=O)OCC(COC(=O)CCCCCCC/C=C\C/C=C\CCCCCC)OC(=O)CCCCCCC/C=C\CCCCC. The minimum absolute atomic E-state index is 0.0854. The van der Waals surface area contributed by atoms with Crippen molar-refractivity contribution in [3.8, 4) is 0 Å². The fourth-order valence-electron chi connectivity index (χ4n) is 6.56. The van der Waals surface area contributed by atoms with E-state index >= 15 is 0 Å². The van der Waals surface area contributed by atoms with Crippen molar-refractivity contribution in [2.24, 2.45) is 0 Å². The quantitative estimate of drug-likeness (QED) is 0.0265. The van der Waals surface area contributed by atoms with Crippen LogP contribution in [0.15, 0.2) is 48.6 Å². The van der Waals surface area contributed by atoms with Crippen LogP contribution in [0.2, 0.25) is 0 Å². The predicted molar refractivity (Wildman–Crippen MR) is 242 cm³/mol. The summed E-state index contributed by atoms with van der Waals surface area (Å²) < 4.78 is 16.7. The summed E-state index contributed by atoms with van der Waals surface area (Å²) in [5.74, 6) is -0.917. The Hall–Kier alpha value is -2.63. The molecular weight excluding hydrogens is 709 g/mol. The first-order chi connectivity index (χ1) is 28.0. The molecule has 0 aliphatic heterocycles. The molecule has 0 aliphatic carbocycles. The average Bonchev–Trinajstić information content (AvgIpc) is 3.21. The van der Waals surface area contributed by atoms with Gasteiger partial charge in [0, 0.05) is 19.3 Å². The van der Waals surface area contributed by atoms with Crippen LogP contribution < -0.4 is 0 Å². The van der Waals surface area contributed by atoms with E-state index < -0.39 is 6.10 Å². The van der Waals surface area contributed by atoms with Gasteiger partial charge in [0.25, 0.3) is 0 Å². The maximum Gasteiger partial charge on any atom is 0.306 e. The average molecular weight is 799 g/mol. The smallest absolute Gasteiger partial charge is 0.306 e. The van der Waals surface area contributed by atoms with Gasteiger partial charge < -0.3 is 14.2 Å². The molecule has 0 aromatic carbocycles. The lowest BCUT2D eigenvalue weighted by Crippen LogP contribution is -2.30. The molecule has 0 heterocycles. The molecule has 0 aromatic rings. The molecule has 0 aliphatic rings. The second-order valence-electron chi connectivity index (χ2n) is 16.0. The fourth-order valence-corrected chi connectivity index (χ4v) is 6.56. The third-order valence-electron chi connectivity index (χ3n) is 10.3. The summed E-state index contributed by atoms with van der Waals surface area (Å²) in [4.78, 5) is 37.8. The summed E-state index contributed by atoms with van der Waals surface area (Å²) in [6.45, 7) is 6.53. The van der Waals surface area contributed by atoms with Gasteiger partial charge in [-0.05, 0) is 96.3 Å². The molecule has 6 heteroatoms. The normalized spacial score (nSPS) is 12.4. The van der Waals surface area contributed by atoms with E-state index in [2.05, 4.69) is 69.4 Å². The zero-order valence-electron chi connectivity index (χ0n) is 37.6. The van der Waals surface area contributed by atoms with Crippen molar-refractivity contribution < 1.29 is 28.6 Å². The summed E-state index contributed by atoms with van der Waals surface area (Å²) in [5.41, 5.74) is 0. The van der Waals surface area contributed by atoms with Crippen LogP contribution in [0.25, 0.3) is 0 Å². The van der Waals surface area contributed by atoms with Crippen molar-refractivity contribution in [2.45, 2.75) is 245 Å². The molecule has 0 bridgehead atoms. The van der Waals surface area contributed by atoms with E-state index in [1.807, 2.05) is 0 Å². The maximum atomic E-state index is 12.7. The van der Waals surface area contributed by atoms with Gasteiger partial charge in [0.05, 0.1) is 0 Å². The molecule has 0 radical (unpaired) electrons. The minimum atomic E-state index is -0.783. The molecule has 0 saturated heterocycles. The highest BCUT2D eigenvalue weighted by Gasteiger charge is 2.19. The van der Waals surface area contributed by atoms with Gasteiger partial charge >= 0.3 is 17.9 Å². The van der Waals surface area contributed by atoms with Crippen LogP contribution in [0.1, 0.15) is 239 Å². The number of unbranched alkanes of at least 4 members (excludes halogenated alkanes) is 24. The monoisotopic (exact) mass is 799 g/mol. The first kappa shape index (κ1) is 54.4. The number of ether oxygens (including phenoxy) is 3. The van der Waals surface area contributed by atoms with E-state index in [0.717, 1.165) is 96.3 Å². The van der Waals surface area contributed by atoms with Crippen LogP contribution in [-0.4, -0.2) is 37.2 Å². The largest absolute Gasteiger partial charge is 0.462 e.